The van der Waals surface area contributed by atoms with Crippen molar-refractivity contribution in [3.8, 4) is 27.9 Å². The molecule has 2 nitrogen and oxygen atoms in total. The molecule has 0 amide bonds. The molecule has 1 aromatic heterocycles. The van der Waals surface area contributed by atoms with Crippen LogP contribution in [0.3, 0.4) is 0 Å². The smallest absolute Gasteiger partial charge is 0.0701 e. The molecule has 0 bridgehead atoms. The monoisotopic (exact) mass is 804 g/mol. The van der Waals surface area contributed by atoms with E-state index in [0.717, 1.165) is 45.0 Å². The first kappa shape index (κ1) is 37.8. The van der Waals surface area contributed by atoms with Gasteiger partial charge in [0.15, 0.2) is 0 Å². The van der Waals surface area contributed by atoms with Crippen LogP contribution in [0.5, 0.6) is 0 Å². The second-order valence-electron chi connectivity index (χ2n) is 16.1. The van der Waals surface area contributed by atoms with Gasteiger partial charge in [-0.3, -0.25) is 0 Å². The number of rotatable bonds is 10. The molecule has 0 fully saturated rings. The number of anilines is 3. The molecular formula is C61H44N2. The SMILES string of the molecule is c1ccc(-c2ccccc2N(c2cccc(-c3ccc(C(c4ccccc4)(c4ccccc4)c4ccccc4)cc3)c2)c2ccc3c4ccccc4n(-c4ccccc4)c3c2)cc1. The molecular weight excluding hydrogens is 761 g/mol. The molecule has 0 aliphatic carbocycles. The van der Waals surface area contributed by atoms with E-state index in [0.29, 0.717) is 0 Å². The molecule has 11 aromatic rings. The number of aromatic nitrogens is 1. The Bertz CT molecular complexity index is 3210. The van der Waals surface area contributed by atoms with Crippen LogP contribution in [-0.2, 0) is 5.41 Å². The van der Waals surface area contributed by atoms with Gasteiger partial charge in [0.2, 0.25) is 0 Å². The Labute approximate surface area is 369 Å². The third kappa shape index (κ3) is 6.70. The summed E-state index contributed by atoms with van der Waals surface area (Å²) in [6, 6.07) is 96.9. The summed E-state index contributed by atoms with van der Waals surface area (Å²) in [4.78, 5) is 2.43. The van der Waals surface area contributed by atoms with Crippen LogP contribution in [0.25, 0.3) is 49.7 Å². The minimum atomic E-state index is -0.511. The zero-order chi connectivity index (χ0) is 42.0. The standard InChI is InChI=1S/C61H44N2/c1-6-21-46(22-7-1)55-33-16-18-35-58(55)62(54-41-42-57-56-34-17-19-36-59(56)63(60(57)44-54)52-30-14-5-15-31-52)53-32-20-23-47(43-53)45-37-39-51(40-38-45)61(48-24-8-2-9-25-48,49-26-10-3-11-27-49)50-28-12-4-13-29-50/h1-44H. The van der Waals surface area contributed by atoms with Crippen molar-refractivity contribution in [1.29, 1.82) is 0 Å². The maximum Gasteiger partial charge on any atom is 0.0701 e. The number of hydrogen-bond acceptors (Lipinski definition) is 1. The number of para-hydroxylation sites is 3. The summed E-state index contributed by atoms with van der Waals surface area (Å²) in [5, 5.41) is 2.46. The molecule has 0 atom stereocenters. The fraction of sp³-hybridized carbons (Fsp3) is 0.0164. The third-order valence-electron chi connectivity index (χ3n) is 12.5. The van der Waals surface area contributed by atoms with Gasteiger partial charge in [-0.1, -0.05) is 218 Å². The van der Waals surface area contributed by atoms with E-state index in [4.69, 9.17) is 0 Å². The highest BCUT2D eigenvalue weighted by Gasteiger charge is 2.38. The Hall–Kier alpha value is -8.20. The molecule has 0 saturated heterocycles. The molecule has 0 unspecified atom stereocenters. The van der Waals surface area contributed by atoms with Crippen LogP contribution >= 0.6 is 0 Å². The average Bonchev–Trinajstić information content (AvgIpc) is 3.70. The molecule has 10 aromatic carbocycles. The van der Waals surface area contributed by atoms with E-state index in [9.17, 15) is 0 Å². The molecule has 63 heavy (non-hydrogen) atoms. The van der Waals surface area contributed by atoms with Gasteiger partial charge in [-0.15, -0.1) is 0 Å². The molecule has 0 aliphatic rings. The number of nitrogens with zero attached hydrogens (tertiary/aromatic N) is 2. The predicted octanol–water partition coefficient (Wildman–Crippen LogP) is 16.0. The topological polar surface area (TPSA) is 8.17 Å². The van der Waals surface area contributed by atoms with Crippen LogP contribution in [0.2, 0.25) is 0 Å². The maximum atomic E-state index is 2.43. The Balaban J connectivity index is 1.08. The Kier molecular flexibility index (Phi) is 9.80. The third-order valence-corrected chi connectivity index (χ3v) is 12.5. The van der Waals surface area contributed by atoms with Gasteiger partial charge in [0.05, 0.1) is 22.1 Å². The summed E-state index contributed by atoms with van der Waals surface area (Å²) in [5.41, 5.74) is 15.8. The molecule has 0 spiro atoms. The molecule has 298 valence electrons. The molecule has 0 radical (unpaired) electrons. The number of benzene rings is 10. The molecule has 0 aliphatic heterocycles. The van der Waals surface area contributed by atoms with Crippen molar-refractivity contribution < 1.29 is 0 Å². The van der Waals surface area contributed by atoms with Crippen molar-refractivity contribution >= 4 is 38.9 Å². The highest BCUT2D eigenvalue weighted by Crippen LogP contribution is 2.47. The molecule has 11 rings (SSSR count). The lowest BCUT2D eigenvalue weighted by atomic mass is 9.65. The van der Waals surface area contributed by atoms with Crippen molar-refractivity contribution in [2.45, 2.75) is 5.41 Å². The Morgan fingerprint density at radius 2 is 0.794 bits per heavy atom. The first-order valence-corrected chi connectivity index (χ1v) is 21.7. The van der Waals surface area contributed by atoms with Gasteiger partial charge in [0.1, 0.15) is 0 Å². The predicted molar refractivity (Wildman–Crippen MR) is 265 cm³/mol. The average molecular weight is 805 g/mol. The second-order valence-corrected chi connectivity index (χ2v) is 16.1. The fourth-order valence-corrected chi connectivity index (χ4v) is 9.71. The Morgan fingerprint density at radius 3 is 1.44 bits per heavy atom. The van der Waals surface area contributed by atoms with E-state index < -0.39 is 5.41 Å². The van der Waals surface area contributed by atoms with Crippen LogP contribution in [0.4, 0.5) is 17.1 Å². The van der Waals surface area contributed by atoms with Crippen LogP contribution in [0.1, 0.15) is 22.3 Å². The largest absolute Gasteiger partial charge is 0.310 e. The molecule has 1 heterocycles. The molecule has 2 heteroatoms. The van der Waals surface area contributed by atoms with Crippen molar-refractivity contribution in [1.82, 2.24) is 4.57 Å². The Morgan fingerprint density at radius 1 is 0.302 bits per heavy atom. The lowest BCUT2D eigenvalue weighted by Gasteiger charge is -2.37. The summed E-state index contributed by atoms with van der Waals surface area (Å²) >= 11 is 0. The lowest BCUT2D eigenvalue weighted by molar-refractivity contribution is 0.745. The maximum absolute atomic E-state index is 2.43. The van der Waals surface area contributed by atoms with Gasteiger partial charge in [0.25, 0.3) is 0 Å². The van der Waals surface area contributed by atoms with Crippen LogP contribution in [-0.4, -0.2) is 4.57 Å². The van der Waals surface area contributed by atoms with Gasteiger partial charge < -0.3 is 9.47 Å². The number of hydrogen-bond donors (Lipinski definition) is 0. The van der Waals surface area contributed by atoms with Crippen molar-refractivity contribution in [2.24, 2.45) is 0 Å². The van der Waals surface area contributed by atoms with Gasteiger partial charge >= 0.3 is 0 Å². The highest BCUT2D eigenvalue weighted by molar-refractivity contribution is 6.10. The summed E-state index contributed by atoms with van der Waals surface area (Å²) in [6.45, 7) is 0. The van der Waals surface area contributed by atoms with E-state index in [1.54, 1.807) is 0 Å². The summed E-state index contributed by atoms with van der Waals surface area (Å²) in [5.74, 6) is 0. The van der Waals surface area contributed by atoms with Gasteiger partial charge in [-0.05, 0) is 87.5 Å². The fourth-order valence-electron chi connectivity index (χ4n) is 9.71. The van der Waals surface area contributed by atoms with Crippen molar-refractivity contribution in [2.75, 3.05) is 4.90 Å². The zero-order valence-corrected chi connectivity index (χ0v) is 34.8. The minimum Gasteiger partial charge on any atom is -0.310 e. The molecule has 0 saturated carbocycles. The highest BCUT2D eigenvalue weighted by atomic mass is 15.1. The molecule has 0 N–H and O–H groups in total. The van der Waals surface area contributed by atoms with Crippen LogP contribution in [0, 0.1) is 0 Å². The normalized spacial score (nSPS) is 11.5. The van der Waals surface area contributed by atoms with Crippen LogP contribution in [0.15, 0.2) is 267 Å². The van der Waals surface area contributed by atoms with Gasteiger partial charge in [0, 0.05) is 33.4 Å². The van der Waals surface area contributed by atoms with E-state index in [1.807, 2.05) is 0 Å². The minimum absolute atomic E-state index is 0.511. The first-order chi connectivity index (χ1) is 31.3. The summed E-state index contributed by atoms with van der Waals surface area (Å²) in [6.07, 6.45) is 0. The zero-order valence-electron chi connectivity index (χ0n) is 34.8. The second kappa shape index (κ2) is 16.3. The first-order valence-electron chi connectivity index (χ1n) is 21.7. The van der Waals surface area contributed by atoms with E-state index in [-0.39, 0.29) is 0 Å². The van der Waals surface area contributed by atoms with E-state index in [1.165, 1.54) is 44.1 Å². The van der Waals surface area contributed by atoms with E-state index in [2.05, 4.69) is 276 Å². The summed E-state index contributed by atoms with van der Waals surface area (Å²) < 4.78 is 2.40. The lowest BCUT2D eigenvalue weighted by Crippen LogP contribution is -2.30. The number of fused-ring (bicyclic) bond motifs is 3. The quantitative estimate of drug-likeness (QED) is 0.125. The van der Waals surface area contributed by atoms with Gasteiger partial charge in [-0.2, -0.15) is 0 Å². The van der Waals surface area contributed by atoms with E-state index >= 15 is 0 Å². The van der Waals surface area contributed by atoms with Crippen molar-refractivity contribution in [3.05, 3.63) is 289 Å². The van der Waals surface area contributed by atoms with Gasteiger partial charge in [-0.25, -0.2) is 0 Å². The van der Waals surface area contributed by atoms with Crippen LogP contribution < -0.4 is 4.90 Å². The summed E-state index contributed by atoms with van der Waals surface area (Å²) in [7, 11) is 0. The van der Waals surface area contributed by atoms with Crippen molar-refractivity contribution in [3.63, 3.8) is 0 Å².